The van der Waals surface area contributed by atoms with E-state index in [1.54, 1.807) is 0 Å². The molecule has 0 aliphatic rings. The van der Waals surface area contributed by atoms with Gasteiger partial charge in [-0.2, -0.15) is 0 Å². The van der Waals surface area contributed by atoms with Crippen molar-refractivity contribution in [3.8, 4) is 0 Å². The van der Waals surface area contributed by atoms with E-state index in [0.29, 0.717) is 12.0 Å². The van der Waals surface area contributed by atoms with E-state index in [2.05, 4.69) is 68.6 Å². The van der Waals surface area contributed by atoms with Gasteiger partial charge >= 0.3 is 0 Å². The third kappa shape index (κ3) is 3.57. The Morgan fingerprint density at radius 2 is 1.74 bits per heavy atom. The molecule has 0 spiro atoms. The van der Waals surface area contributed by atoms with Crippen LogP contribution in [0.1, 0.15) is 32.8 Å². The highest BCUT2D eigenvalue weighted by molar-refractivity contribution is 5.85. The zero-order valence-electron chi connectivity index (χ0n) is 12.3. The summed E-state index contributed by atoms with van der Waals surface area (Å²) in [7, 11) is 0. The Bertz CT molecular complexity index is 511. The van der Waals surface area contributed by atoms with Crippen molar-refractivity contribution >= 4 is 10.8 Å². The average molecular weight is 255 g/mol. The normalized spacial score (nSPS) is 13.1. The van der Waals surface area contributed by atoms with Crippen molar-refractivity contribution in [2.45, 2.75) is 39.7 Å². The molecule has 0 aliphatic carbocycles. The first-order valence-corrected chi connectivity index (χ1v) is 7.42. The van der Waals surface area contributed by atoms with Crippen molar-refractivity contribution in [2.75, 3.05) is 6.54 Å². The molecule has 0 aliphatic heterocycles. The summed E-state index contributed by atoms with van der Waals surface area (Å²) in [6.07, 6.45) is 2.30. The fourth-order valence-electron chi connectivity index (χ4n) is 2.58. The molecule has 1 N–H and O–H groups in total. The average Bonchev–Trinajstić information content (AvgIpc) is 2.43. The first-order chi connectivity index (χ1) is 9.22. The largest absolute Gasteiger partial charge is 0.313 e. The number of nitrogens with one attached hydrogen (secondary N) is 1. The zero-order valence-corrected chi connectivity index (χ0v) is 12.3. The predicted octanol–water partition coefficient (Wildman–Crippen LogP) is 4.41. The van der Waals surface area contributed by atoms with Crippen molar-refractivity contribution in [3.05, 3.63) is 48.0 Å². The second-order valence-corrected chi connectivity index (χ2v) is 5.65. The van der Waals surface area contributed by atoms with Crippen LogP contribution in [0.5, 0.6) is 0 Å². The minimum absolute atomic E-state index is 0.561. The van der Waals surface area contributed by atoms with Crippen LogP contribution in [-0.2, 0) is 6.42 Å². The maximum atomic E-state index is 3.68. The molecule has 0 saturated carbocycles. The van der Waals surface area contributed by atoms with Crippen LogP contribution >= 0.6 is 0 Å². The van der Waals surface area contributed by atoms with Crippen LogP contribution < -0.4 is 5.32 Å². The smallest absolute Gasteiger partial charge is 0.0131 e. The lowest BCUT2D eigenvalue weighted by atomic mass is 9.93. The number of hydrogen-bond donors (Lipinski definition) is 1. The standard InChI is InChI=1S/C18H25N/c1-4-12-19-18(14(2)3)13-16-10-7-9-15-8-5-6-11-17(15)16/h5-11,14,18-19H,4,12-13H2,1-3H3. The van der Waals surface area contributed by atoms with E-state index in [1.165, 1.54) is 22.8 Å². The fraction of sp³-hybridized carbons (Fsp3) is 0.444. The minimum Gasteiger partial charge on any atom is -0.313 e. The van der Waals surface area contributed by atoms with Crippen molar-refractivity contribution in [1.29, 1.82) is 0 Å². The maximum Gasteiger partial charge on any atom is 0.0131 e. The second-order valence-electron chi connectivity index (χ2n) is 5.65. The van der Waals surface area contributed by atoms with Crippen LogP contribution in [0.4, 0.5) is 0 Å². The Labute approximate surface area is 117 Å². The molecule has 0 radical (unpaired) electrons. The van der Waals surface area contributed by atoms with E-state index < -0.39 is 0 Å². The van der Waals surface area contributed by atoms with Gasteiger partial charge in [0.2, 0.25) is 0 Å². The first kappa shape index (κ1) is 14.1. The van der Waals surface area contributed by atoms with Crippen LogP contribution in [0.25, 0.3) is 10.8 Å². The monoisotopic (exact) mass is 255 g/mol. The Kier molecular flexibility index (Phi) is 4.98. The van der Waals surface area contributed by atoms with Crippen LogP contribution in [0.15, 0.2) is 42.5 Å². The fourth-order valence-corrected chi connectivity index (χ4v) is 2.58. The summed E-state index contributed by atoms with van der Waals surface area (Å²) in [5.41, 5.74) is 1.46. The Hall–Kier alpha value is -1.34. The molecule has 0 heterocycles. The highest BCUT2D eigenvalue weighted by Crippen LogP contribution is 2.21. The van der Waals surface area contributed by atoms with Gasteiger partial charge in [0.1, 0.15) is 0 Å². The molecule has 0 amide bonds. The molecule has 1 unspecified atom stereocenters. The molecule has 1 heteroatoms. The van der Waals surface area contributed by atoms with Crippen molar-refractivity contribution in [2.24, 2.45) is 5.92 Å². The summed E-state index contributed by atoms with van der Waals surface area (Å²) in [4.78, 5) is 0. The summed E-state index contributed by atoms with van der Waals surface area (Å²) in [6.45, 7) is 7.94. The van der Waals surface area contributed by atoms with E-state index in [-0.39, 0.29) is 0 Å². The van der Waals surface area contributed by atoms with E-state index in [4.69, 9.17) is 0 Å². The number of benzene rings is 2. The predicted molar refractivity (Wildman–Crippen MR) is 84.6 cm³/mol. The van der Waals surface area contributed by atoms with Crippen LogP contribution in [0, 0.1) is 5.92 Å². The molecule has 0 saturated heterocycles. The molecule has 102 valence electrons. The van der Waals surface area contributed by atoms with E-state index >= 15 is 0 Å². The minimum atomic E-state index is 0.561. The third-order valence-electron chi connectivity index (χ3n) is 3.78. The molecule has 2 aromatic carbocycles. The Balaban J connectivity index is 2.23. The zero-order chi connectivity index (χ0) is 13.7. The molecule has 0 bridgehead atoms. The number of hydrogen-bond acceptors (Lipinski definition) is 1. The molecule has 2 aromatic rings. The summed E-state index contributed by atoms with van der Waals surface area (Å²) in [6, 6.07) is 15.9. The second kappa shape index (κ2) is 6.72. The molecule has 1 nitrogen and oxygen atoms in total. The molecule has 0 fully saturated rings. The highest BCUT2D eigenvalue weighted by Gasteiger charge is 2.14. The highest BCUT2D eigenvalue weighted by atomic mass is 14.9. The van der Waals surface area contributed by atoms with Gasteiger partial charge in [0.05, 0.1) is 0 Å². The molecular formula is C18H25N. The molecular weight excluding hydrogens is 230 g/mol. The van der Waals surface area contributed by atoms with Gasteiger partial charge in [0.25, 0.3) is 0 Å². The quantitative estimate of drug-likeness (QED) is 0.806. The third-order valence-corrected chi connectivity index (χ3v) is 3.78. The van der Waals surface area contributed by atoms with Crippen LogP contribution in [0.2, 0.25) is 0 Å². The Morgan fingerprint density at radius 3 is 2.47 bits per heavy atom. The van der Waals surface area contributed by atoms with E-state index in [9.17, 15) is 0 Å². The van der Waals surface area contributed by atoms with Crippen molar-refractivity contribution < 1.29 is 0 Å². The van der Waals surface area contributed by atoms with Gasteiger partial charge in [-0.25, -0.2) is 0 Å². The van der Waals surface area contributed by atoms with Gasteiger partial charge in [0, 0.05) is 6.04 Å². The van der Waals surface area contributed by atoms with Gasteiger partial charge < -0.3 is 5.32 Å². The van der Waals surface area contributed by atoms with Gasteiger partial charge in [-0.15, -0.1) is 0 Å². The topological polar surface area (TPSA) is 12.0 Å². The molecule has 0 aromatic heterocycles. The van der Waals surface area contributed by atoms with E-state index in [1.807, 2.05) is 0 Å². The van der Waals surface area contributed by atoms with Crippen molar-refractivity contribution in [3.63, 3.8) is 0 Å². The summed E-state index contributed by atoms with van der Waals surface area (Å²) < 4.78 is 0. The van der Waals surface area contributed by atoms with Gasteiger partial charge in [0.15, 0.2) is 0 Å². The van der Waals surface area contributed by atoms with Gasteiger partial charge in [-0.1, -0.05) is 63.2 Å². The van der Waals surface area contributed by atoms with E-state index in [0.717, 1.165) is 13.0 Å². The van der Waals surface area contributed by atoms with Crippen molar-refractivity contribution in [1.82, 2.24) is 5.32 Å². The Morgan fingerprint density at radius 1 is 1.00 bits per heavy atom. The first-order valence-electron chi connectivity index (χ1n) is 7.42. The lowest BCUT2D eigenvalue weighted by Gasteiger charge is -2.23. The lowest BCUT2D eigenvalue weighted by molar-refractivity contribution is 0.398. The summed E-state index contributed by atoms with van der Waals surface area (Å²) in [5.74, 6) is 0.658. The number of rotatable bonds is 6. The summed E-state index contributed by atoms with van der Waals surface area (Å²) >= 11 is 0. The molecule has 1 atom stereocenters. The lowest BCUT2D eigenvalue weighted by Crippen LogP contribution is -2.36. The van der Waals surface area contributed by atoms with Gasteiger partial charge in [-0.05, 0) is 41.6 Å². The summed E-state index contributed by atoms with van der Waals surface area (Å²) in [5, 5.41) is 6.42. The molecule has 2 rings (SSSR count). The number of fused-ring (bicyclic) bond motifs is 1. The molecule has 19 heavy (non-hydrogen) atoms. The SMILES string of the molecule is CCCNC(Cc1cccc2ccccc12)C(C)C. The van der Waals surface area contributed by atoms with Crippen LogP contribution in [-0.4, -0.2) is 12.6 Å². The maximum absolute atomic E-state index is 3.68. The van der Waals surface area contributed by atoms with Gasteiger partial charge in [-0.3, -0.25) is 0 Å². The van der Waals surface area contributed by atoms with Crippen LogP contribution in [0.3, 0.4) is 0 Å².